The average Bonchev–Trinajstić information content (AvgIpc) is 2.81. The summed E-state index contributed by atoms with van der Waals surface area (Å²) in [5, 5.41) is 2.94. The van der Waals surface area contributed by atoms with Gasteiger partial charge in [-0.2, -0.15) is 0 Å². The van der Waals surface area contributed by atoms with Crippen LogP contribution >= 0.6 is 0 Å². The summed E-state index contributed by atoms with van der Waals surface area (Å²) in [6.07, 6.45) is 1.17. The summed E-state index contributed by atoms with van der Waals surface area (Å²) in [5.74, 6) is -0.196. The van der Waals surface area contributed by atoms with Crippen LogP contribution in [-0.4, -0.2) is 78.8 Å². The zero-order valence-corrected chi connectivity index (χ0v) is 23.3. The monoisotopic (exact) mass is 500 g/mol. The smallest absolute Gasteiger partial charge is 0.252 e. The largest absolute Gasteiger partial charge is 0.497 e. The van der Waals surface area contributed by atoms with E-state index in [1.54, 1.807) is 12.0 Å². The first-order valence-corrected chi connectivity index (χ1v) is 12.8. The molecule has 0 aromatic heterocycles. The highest BCUT2D eigenvalue weighted by atomic mass is 16.5. The maximum absolute atomic E-state index is 13.7. The number of rotatable bonds is 12. The fourth-order valence-electron chi connectivity index (χ4n) is 4.68. The molecular formula is C28H44N4O4. The summed E-state index contributed by atoms with van der Waals surface area (Å²) in [6, 6.07) is 7.57. The van der Waals surface area contributed by atoms with Crippen molar-refractivity contribution in [1.82, 2.24) is 20.0 Å². The number of carbonyl (C=O) groups excluding carboxylic acids is 3. The van der Waals surface area contributed by atoms with Gasteiger partial charge in [0.1, 0.15) is 5.75 Å². The molecule has 1 heterocycles. The van der Waals surface area contributed by atoms with E-state index < -0.39 is 5.92 Å². The third kappa shape index (κ3) is 7.82. The third-order valence-corrected chi connectivity index (χ3v) is 6.55. The van der Waals surface area contributed by atoms with Gasteiger partial charge in [-0.25, -0.2) is 0 Å². The number of allylic oxidation sites excluding steroid dienone is 1. The van der Waals surface area contributed by atoms with Gasteiger partial charge < -0.3 is 24.8 Å². The summed E-state index contributed by atoms with van der Waals surface area (Å²) < 4.78 is 5.25. The van der Waals surface area contributed by atoms with Gasteiger partial charge in [0.15, 0.2) is 0 Å². The topological polar surface area (TPSA) is 82.2 Å². The number of benzene rings is 1. The number of amides is 3. The number of nitrogens with zero attached hydrogens (tertiary/aromatic N) is 3. The van der Waals surface area contributed by atoms with E-state index >= 15 is 0 Å². The molecule has 1 aliphatic rings. The van der Waals surface area contributed by atoms with Gasteiger partial charge in [0.25, 0.3) is 5.91 Å². The molecule has 1 atom stereocenters. The second-order valence-electron chi connectivity index (χ2n) is 10.3. The predicted octanol–water partition coefficient (Wildman–Crippen LogP) is 3.42. The molecule has 1 N–H and O–H groups in total. The molecule has 0 spiro atoms. The zero-order valence-electron chi connectivity index (χ0n) is 23.3. The fraction of sp³-hybridized carbons (Fsp3) is 0.607. The maximum atomic E-state index is 13.7. The van der Waals surface area contributed by atoms with Gasteiger partial charge in [-0.05, 0) is 85.8 Å². The van der Waals surface area contributed by atoms with Crippen LogP contribution in [0.15, 0.2) is 35.5 Å². The lowest BCUT2D eigenvalue weighted by Crippen LogP contribution is -2.47. The van der Waals surface area contributed by atoms with Gasteiger partial charge in [0.05, 0.1) is 19.6 Å². The highest BCUT2D eigenvalue weighted by molar-refractivity contribution is 5.98. The molecule has 0 saturated heterocycles. The molecule has 3 amide bonds. The van der Waals surface area contributed by atoms with Crippen LogP contribution < -0.4 is 10.1 Å². The lowest BCUT2D eigenvalue weighted by molar-refractivity contribution is -0.139. The highest BCUT2D eigenvalue weighted by Crippen LogP contribution is 2.33. The molecule has 8 heteroatoms. The molecular weight excluding hydrogens is 456 g/mol. The van der Waals surface area contributed by atoms with E-state index in [2.05, 4.69) is 10.2 Å². The molecule has 0 aliphatic carbocycles. The molecule has 8 nitrogen and oxygen atoms in total. The second kappa shape index (κ2) is 13.4. The van der Waals surface area contributed by atoms with Crippen LogP contribution in [0.25, 0.3) is 0 Å². The minimum atomic E-state index is -0.582. The van der Waals surface area contributed by atoms with Crippen LogP contribution in [-0.2, 0) is 20.9 Å². The quantitative estimate of drug-likeness (QED) is 0.445. The summed E-state index contributed by atoms with van der Waals surface area (Å²) >= 11 is 0. The Hall–Kier alpha value is -2.87. The van der Waals surface area contributed by atoms with E-state index in [0.717, 1.165) is 24.3 Å². The lowest BCUT2D eigenvalue weighted by atomic mass is 9.87. The van der Waals surface area contributed by atoms with Gasteiger partial charge in [0, 0.05) is 36.3 Å². The van der Waals surface area contributed by atoms with E-state index in [1.165, 1.54) is 0 Å². The normalized spacial score (nSPS) is 16.2. The van der Waals surface area contributed by atoms with Crippen molar-refractivity contribution in [3.63, 3.8) is 0 Å². The van der Waals surface area contributed by atoms with Gasteiger partial charge in [-0.3, -0.25) is 14.4 Å². The Morgan fingerprint density at radius 3 is 2.25 bits per heavy atom. The summed E-state index contributed by atoms with van der Waals surface area (Å²) in [5.41, 5.74) is 2.19. The van der Waals surface area contributed by atoms with Crippen LogP contribution in [0.5, 0.6) is 5.75 Å². The molecule has 0 bridgehead atoms. The molecule has 200 valence electrons. The molecule has 0 fully saturated rings. The Morgan fingerprint density at radius 2 is 1.72 bits per heavy atom. The Labute approximate surface area is 216 Å². The standard InChI is InChI=1S/C28H44N4O4/c1-19(2)32(20(3)4)28(35)25-16-23(17-26(33)29-14-9-15-30(6)7)27(34)31(21(25)5)18-22-10-12-24(36-8)13-11-22/h10-13,19-20,23H,9,14-18H2,1-8H3,(H,29,33). The number of hydrogen-bond acceptors (Lipinski definition) is 5. The van der Waals surface area contributed by atoms with Crippen molar-refractivity contribution >= 4 is 17.7 Å². The maximum Gasteiger partial charge on any atom is 0.252 e. The average molecular weight is 501 g/mol. The van der Waals surface area contributed by atoms with Crippen molar-refractivity contribution in [2.75, 3.05) is 34.3 Å². The lowest BCUT2D eigenvalue weighted by Gasteiger charge is -2.38. The van der Waals surface area contributed by atoms with Crippen molar-refractivity contribution < 1.29 is 19.1 Å². The first kappa shape index (κ1) is 29.4. The highest BCUT2D eigenvalue weighted by Gasteiger charge is 2.38. The predicted molar refractivity (Wildman–Crippen MR) is 142 cm³/mol. The molecule has 0 radical (unpaired) electrons. The molecule has 1 unspecified atom stereocenters. The van der Waals surface area contributed by atoms with Crippen molar-refractivity contribution in [1.29, 1.82) is 0 Å². The minimum absolute atomic E-state index is 0.0175. The first-order valence-electron chi connectivity index (χ1n) is 12.8. The van der Waals surface area contributed by atoms with E-state index in [9.17, 15) is 14.4 Å². The van der Waals surface area contributed by atoms with Crippen LogP contribution in [0, 0.1) is 5.92 Å². The number of nitrogens with one attached hydrogen (secondary N) is 1. The van der Waals surface area contributed by atoms with Crippen LogP contribution in [0.3, 0.4) is 0 Å². The Morgan fingerprint density at radius 1 is 1.11 bits per heavy atom. The van der Waals surface area contributed by atoms with E-state index in [4.69, 9.17) is 4.74 Å². The molecule has 2 rings (SSSR count). The van der Waals surface area contributed by atoms with Gasteiger partial charge in [-0.1, -0.05) is 12.1 Å². The van der Waals surface area contributed by atoms with Gasteiger partial charge in [0.2, 0.25) is 11.8 Å². The summed E-state index contributed by atoms with van der Waals surface area (Å²) in [6.45, 7) is 11.6. The van der Waals surface area contributed by atoms with Crippen LogP contribution in [0.4, 0.5) is 0 Å². The van der Waals surface area contributed by atoms with Gasteiger partial charge >= 0.3 is 0 Å². The first-order chi connectivity index (χ1) is 17.0. The van der Waals surface area contributed by atoms with E-state index in [1.807, 2.05) is 77.9 Å². The van der Waals surface area contributed by atoms with Crippen molar-refractivity contribution in [3.05, 3.63) is 41.1 Å². The molecule has 1 aromatic carbocycles. The Kier molecular flexibility index (Phi) is 11.0. The minimum Gasteiger partial charge on any atom is -0.497 e. The van der Waals surface area contributed by atoms with E-state index in [-0.39, 0.29) is 42.6 Å². The number of methoxy groups -OCH3 is 1. The zero-order chi connectivity index (χ0) is 27.0. The third-order valence-electron chi connectivity index (χ3n) is 6.55. The van der Waals surface area contributed by atoms with Gasteiger partial charge in [-0.15, -0.1) is 0 Å². The van der Waals surface area contributed by atoms with Crippen LogP contribution in [0.2, 0.25) is 0 Å². The fourth-order valence-corrected chi connectivity index (χ4v) is 4.68. The molecule has 0 saturated carbocycles. The number of carbonyl (C=O) groups is 3. The SMILES string of the molecule is COc1ccc(CN2C(=O)C(CC(=O)NCCCN(C)C)CC(C(=O)N(C(C)C)C(C)C)=C2C)cc1. The van der Waals surface area contributed by atoms with Crippen molar-refractivity contribution in [2.24, 2.45) is 5.92 Å². The van der Waals surface area contributed by atoms with Crippen molar-refractivity contribution in [3.8, 4) is 5.75 Å². The Balaban J connectivity index is 2.31. The van der Waals surface area contributed by atoms with Crippen LogP contribution in [0.1, 0.15) is 59.4 Å². The second-order valence-corrected chi connectivity index (χ2v) is 10.3. The number of hydrogen-bond donors (Lipinski definition) is 1. The molecule has 1 aromatic rings. The van der Waals surface area contributed by atoms with E-state index in [0.29, 0.717) is 24.4 Å². The molecule has 1 aliphatic heterocycles. The summed E-state index contributed by atoms with van der Waals surface area (Å²) in [4.78, 5) is 45.6. The number of ether oxygens (including phenoxy) is 1. The van der Waals surface area contributed by atoms with Crippen molar-refractivity contribution in [2.45, 2.75) is 72.5 Å². The Bertz CT molecular complexity index is 929. The molecule has 36 heavy (non-hydrogen) atoms. The summed E-state index contributed by atoms with van der Waals surface area (Å²) in [7, 11) is 5.59.